The van der Waals surface area contributed by atoms with Gasteiger partial charge in [0, 0.05) is 30.5 Å². The van der Waals surface area contributed by atoms with Gasteiger partial charge in [-0.15, -0.1) is 0 Å². The fourth-order valence-electron chi connectivity index (χ4n) is 4.70. The summed E-state index contributed by atoms with van der Waals surface area (Å²) in [4.78, 5) is 33.5. The van der Waals surface area contributed by atoms with Gasteiger partial charge < -0.3 is 10.2 Å². The summed E-state index contributed by atoms with van der Waals surface area (Å²) in [6.45, 7) is 1.81. The molecule has 30 heavy (non-hydrogen) atoms. The minimum absolute atomic E-state index is 0.0234. The van der Waals surface area contributed by atoms with Crippen LogP contribution in [0.2, 0.25) is 0 Å². The summed E-state index contributed by atoms with van der Waals surface area (Å²) >= 11 is 0. The fourth-order valence-corrected chi connectivity index (χ4v) is 4.70. The van der Waals surface area contributed by atoms with Crippen molar-refractivity contribution in [3.8, 4) is 0 Å². The van der Waals surface area contributed by atoms with Crippen molar-refractivity contribution in [1.29, 1.82) is 0 Å². The number of likely N-dealkylation sites (N-methyl/N-ethyl adjacent to an activating group) is 1. The second-order valence-electron chi connectivity index (χ2n) is 8.21. The average Bonchev–Trinajstić information content (AvgIpc) is 2.90. The van der Waals surface area contributed by atoms with Crippen molar-refractivity contribution in [1.82, 2.24) is 5.32 Å². The molecule has 0 radical (unpaired) electrons. The lowest BCUT2D eigenvalue weighted by Gasteiger charge is -2.40. The molecule has 1 unspecified atom stereocenters. The largest absolute Gasteiger partial charge is 0.324 e. The van der Waals surface area contributed by atoms with E-state index >= 15 is 0 Å². The first-order valence-corrected chi connectivity index (χ1v) is 10.9. The summed E-state index contributed by atoms with van der Waals surface area (Å²) in [5.74, 6) is -0.330. The number of nitrogens with one attached hydrogen (secondary N) is 1. The van der Waals surface area contributed by atoms with E-state index in [2.05, 4.69) is 5.32 Å². The molecule has 0 spiro atoms. The molecule has 1 heterocycles. The average molecular weight is 404 g/mol. The van der Waals surface area contributed by atoms with E-state index in [9.17, 15) is 9.59 Å². The molecule has 1 aliphatic carbocycles. The van der Waals surface area contributed by atoms with E-state index in [0.717, 1.165) is 54.6 Å². The van der Waals surface area contributed by atoms with E-state index in [1.807, 2.05) is 61.5 Å². The SMILES string of the molecule is CCC(=O)NC1(C2CCCCC2)N=C(c2ccccc2)c2ccccc2N(C)C1=O. The molecule has 0 aromatic heterocycles. The molecule has 156 valence electrons. The van der Waals surface area contributed by atoms with Gasteiger partial charge in [-0.2, -0.15) is 0 Å². The first-order chi connectivity index (χ1) is 14.6. The summed E-state index contributed by atoms with van der Waals surface area (Å²) in [5.41, 5.74) is 2.13. The molecular weight excluding hydrogens is 374 g/mol. The molecule has 2 amide bonds. The quantitative estimate of drug-likeness (QED) is 0.827. The number of para-hydroxylation sites is 1. The van der Waals surface area contributed by atoms with Crippen molar-refractivity contribution < 1.29 is 9.59 Å². The molecule has 2 aromatic rings. The Morgan fingerprint density at radius 1 is 1.07 bits per heavy atom. The maximum absolute atomic E-state index is 14.0. The molecule has 1 N–H and O–H groups in total. The number of amides is 2. The molecule has 0 bridgehead atoms. The van der Waals surface area contributed by atoms with Gasteiger partial charge in [-0.05, 0) is 18.9 Å². The Balaban J connectivity index is 1.98. The summed E-state index contributed by atoms with van der Waals surface area (Å²) in [7, 11) is 1.79. The number of aliphatic imine (C=N–C) groups is 1. The molecule has 2 aromatic carbocycles. The number of benzene rings is 2. The highest BCUT2D eigenvalue weighted by Crippen LogP contribution is 2.39. The van der Waals surface area contributed by atoms with Crippen LogP contribution in [0.5, 0.6) is 0 Å². The van der Waals surface area contributed by atoms with E-state index in [1.54, 1.807) is 11.9 Å². The van der Waals surface area contributed by atoms with Crippen LogP contribution in [0, 0.1) is 5.92 Å². The lowest BCUT2D eigenvalue weighted by molar-refractivity contribution is -0.134. The third-order valence-corrected chi connectivity index (χ3v) is 6.33. The van der Waals surface area contributed by atoms with Crippen LogP contribution in [0.15, 0.2) is 59.6 Å². The summed E-state index contributed by atoms with van der Waals surface area (Å²) in [6, 6.07) is 17.8. The van der Waals surface area contributed by atoms with Crippen molar-refractivity contribution in [3.63, 3.8) is 0 Å². The van der Waals surface area contributed by atoms with E-state index in [1.165, 1.54) is 0 Å². The topological polar surface area (TPSA) is 61.8 Å². The number of carbonyl (C=O) groups excluding carboxylic acids is 2. The molecule has 5 heteroatoms. The van der Waals surface area contributed by atoms with Crippen LogP contribution in [0.1, 0.15) is 56.6 Å². The summed E-state index contributed by atoms with van der Waals surface area (Å²) in [6.07, 6.45) is 5.34. The van der Waals surface area contributed by atoms with E-state index in [4.69, 9.17) is 4.99 Å². The second kappa shape index (κ2) is 8.42. The summed E-state index contributed by atoms with van der Waals surface area (Å²) in [5, 5.41) is 3.09. The number of anilines is 1. The van der Waals surface area contributed by atoms with Crippen LogP contribution >= 0.6 is 0 Å². The van der Waals surface area contributed by atoms with Crippen LogP contribution in [-0.4, -0.2) is 30.2 Å². The number of nitrogens with zero attached hydrogens (tertiary/aromatic N) is 2. The van der Waals surface area contributed by atoms with Gasteiger partial charge in [0.15, 0.2) is 0 Å². The van der Waals surface area contributed by atoms with Gasteiger partial charge >= 0.3 is 0 Å². The Bertz CT molecular complexity index is 963. The molecule has 2 aliphatic rings. The summed E-state index contributed by atoms with van der Waals surface area (Å²) < 4.78 is 0. The zero-order valence-electron chi connectivity index (χ0n) is 17.7. The zero-order chi connectivity index (χ0) is 21.1. The van der Waals surface area contributed by atoms with Gasteiger partial charge in [0.2, 0.25) is 11.6 Å². The molecule has 1 saturated carbocycles. The highest BCUT2D eigenvalue weighted by Gasteiger charge is 2.50. The van der Waals surface area contributed by atoms with Gasteiger partial charge in [-0.1, -0.05) is 74.7 Å². The van der Waals surface area contributed by atoms with Crippen LogP contribution in [0.4, 0.5) is 5.69 Å². The predicted molar refractivity (Wildman–Crippen MR) is 120 cm³/mol. The first-order valence-electron chi connectivity index (χ1n) is 10.9. The van der Waals surface area contributed by atoms with E-state index in [0.29, 0.717) is 6.42 Å². The van der Waals surface area contributed by atoms with Crippen molar-refractivity contribution in [2.24, 2.45) is 10.9 Å². The molecule has 4 rings (SSSR count). The number of carbonyl (C=O) groups is 2. The van der Waals surface area contributed by atoms with E-state index in [-0.39, 0.29) is 17.7 Å². The van der Waals surface area contributed by atoms with Crippen molar-refractivity contribution in [3.05, 3.63) is 65.7 Å². The maximum atomic E-state index is 14.0. The standard InChI is InChI=1S/C25H29N3O2/c1-3-22(29)26-25(19-14-8-5-9-15-19)24(30)28(2)21-17-11-10-16-20(21)23(27-25)18-12-6-4-7-13-18/h4,6-7,10-13,16-17,19H,3,5,8-9,14-15H2,1-2H3,(H,26,29). The normalized spacial score (nSPS) is 22.1. The molecule has 1 aliphatic heterocycles. The third kappa shape index (κ3) is 3.53. The molecular formula is C25H29N3O2. The van der Waals surface area contributed by atoms with Crippen LogP contribution in [-0.2, 0) is 9.59 Å². The Kier molecular flexibility index (Phi) is 5.71. The van der Waals surface area contributed by atoms with Gasteiger partial charge in [0.1, 0.15) is 0 Å². The number of hydrogen-bond acceptors (Lipinski definition) is 3. The predicted octanol–water partition coefficient (Wildman–Crippen LogP) is 4.30. The van der Waals surface area contributed by atoms with Crippen molar-refractivity contribution >= 4 is 23.2 Å². The van der Waals surface area contributed by atoms with Gasteiger partial charge in [0.25, 0.3) is 5.91 Å². The third-order valence-electron chi connectivity index (χ3n) is 6.33. The minimum Gasteiger partial charge on any atom is -0.324 e. The molecule has 5 nitrogen and oxygen atoms in total. The second-order valence-corrected chi connectivity index (χ2v) is 8.21. The Hall–Kier alpha value is -2.95. The van der Waals surface area contributed by atoms with Gasteiger partial charge in [0.05, 0.1) is 11.4 Å². The monoisotopic (exact) mass is 403 g/mol. The lowest BCUT2D eigenvalue weighted by Crippen LogP contribution is -2.62. The lowest BCUT2D eigenvalue weighted by atomic mass is 9.78. The van der Waals surface area contributed by atoms with Gasteiger partial charge in [-0.25, -0.2) is 4.99 Å². The highest BCUT2D eigenvalue weighted by molar-refractivity contribution is 6.21. The zero-order valence-corrected chi connectivity index (χ0v) is 17.7. The smallest absolute Gasteiger partial charge is 0.275 e. The first kappa shape index (κ1) is 20.3. The van der Waals surface area contributed by atoms with Crippen LogP contribution < -0.4 is 10.2 Å². The number of fused-ring (bicyclic) bond motifs is 1. The number of rotatable bonds is 4. The molecule has 1 atom stereocenters. The Morgan fingerprint density at radius 3 is 2.43 bits per heavy atom. The Morgan fingerprint density at radius 2 is 1.73 bits per heavy atom. The highest BCUT2D eigenvalue weighted by atomic mass is 16.2. The number of benzodiazepines with no additional fused rings is 1. The van der Waals surface area contributed by atoms with E-state index < -0.39 is 5.66 Å². The van der Waals surface area contributed by atoms with Crippen LogP contribution in [0.3, 0.4) is 0 Å². The number of hydrogen-bond donors (Lipinski definition) is 1. The fraction of sp³-hybridized carbons (Fsp3) is 0.400. The van der Waals surface area contributed by atoms with Crippen molar-refractivity contribution in [2.45, 2.75) is 51.1 Å². The van der Waals surface area contributed by atoms with Gasteiger partial charge in [-0.3, -0.25) is 9.59 Å². The van der Waals surface area contributed by atoms with Crippen LogP contribution in [0.25, 0.3) is 0 Å². The molecule has 0 saturated heterocycles. The molecule has 1 fully saturated rings. The minimum atomic E-state index is -1.29. The maximum Gasteiger partial charge on any atom is 0.275 e. The van der Waals surface area contributed by atoms with Crippen molar-refractivity contribution in [2.75, 3.05) is 11.9 Å². The Labute approximate surface area is 178 Å².